The van der Waals surface area contributed by atoms with Crippen LogP contribution in [0.3, 0.4) is 0 Å². The molecule has 0 saturated carbocycles. The Bertz CT molecular complexity index is 866. The van der Waals surface area contributed by atoms with Crippen LogP contribution in [0.4, 0.5) is 0 Å². The molecule has 0 bridgehead atoms. The maximum Gasteiger partial charge on any atom is 0.254 e. The Balaban J connectivity index is 1.88. The number of amides is 1. The lowest BCUT2D eigenvalue weighted by Gasteiger charge is -2.28. The van der Waals surface area contributed by atoms with Gasteiger partial charge in [-0.15, -0.1) is 0 Å². The molecule has 130 valence electrons. The molecule has 1 unspecified atom stereocenters. The average Bonchev–Trinajstić information content (AvgIpc) is 3.03. The molecule has 25 heavy (non-hydrogen) atoms. The summed E-state index contributed by atoms with van der Waals surface area (Å²) in [6, 6.07) is 15.4. The SMILES string of the molecule is CC(O)CN(C(=O)c1ccc(-n2cnc3ccccc32)cc1)C(C)C. The van der Waals surface area contributed by atoms with Crippen LogP contribution < -0.4 is 0 Å². The number of carbonyl (C=O) groups is 1. The van der Waals surface area contributed by atoms with Crippen LogP contribution in [0.1, 0.15) is 31.1 Å². The first-order valence-electron chi connectivity index (χ1n) is 8.49. The van der Waals surface area contributed by atoms with E-state index < -0.39 is 6.10 Å². The van der Waals surface area contributed by atoms with Gasteiger partial charge in [-0.3, -0.25) is 9.36 Å². The van der Waals surface area contributed by atoms with Gasteiger partial charge in [-0.2, -0.15) is 0 Å². The van der Waals surface area contributed by atoms with Gasteiger partial charge in [-0.25, -0.2) is 4.98 Å². The molecule has 2 aromatic carbocycles. The molecule has 0 saturated heterocycles. The van der Waals surface area contributed by atoms with Gasteiger partial charge < -0.3 is 10.0 Å². The number of nitrogens with zero attached hydrogens (tertiary/aromatic N) is 3. The lowest BCUT2D eigenvalue weighted by Crippen LogP contribution is -2.41. The highest BCUT2D eigenvalue weighted by Gasteiger charge is 2.20. The van der Waals surface area contributed by atoms with Gasteiger partial charge in [0.15, 0.2) is 0 Å². The number of imidazole rings is 1. The number of fused-ring (bicyclic) bond motifs is 1. The molecule has 3 aromatic rings. The van der Waals surface area contributed by atoms with Crippen molar-refractivity contribution >= 4 is 16.9 Å². The van der Waals surface area contributed by atoms with E-state index in [2.05, 4.69) is 4.98 Å². The average molecular weight is 337 g/mol. The van der Waals surface area contributed by atoms with Crippen molar-refractivity contribution in [1.29, 1.82) is 0 Å². The third-order valence-corrected chi connectivity index (χ3v) is 4.19. The summed E-state index contributed by atoms with van der Waals surface area (Å²) in [7, 11) is 0. The van der Waals surface area contributed by atoms with Crippen LogP contribution in [-0.4, -0.2) is 44.2 Å². The van der Waals surface area contributed by atoms with Gasteiger partial charge in [-0.05, 0) is 57.2 Å². The lowest BCUT2D eigenvalue weighted by molar-refractivity contribution is 0.0579. The summed E-state index contributed by atoms with van der Waals surface area (Å²) in [4.78, 5) is 18.8. The summed E-state index contributed by atoms with van der Waals surface area (Å²) in [5.74, 6) is -0.0714. The number of benzene rings is 2. The molecule has 5 heteroatoms. The van der Waals surface area contributed by atoms with Crippen LogP contribution in [-0.2, 0) is 0 Å². The first kappa shape index (κ1) is 17.2. The van der Waals surface area contributed by atoms with Crippen LogP contribution in [0.25, 0.3) is 16.7 Å². The third kappa shape index (κ3) is 3.56. The Morgan fingerprint density at radius 3 is 2.44 bits per heavy atom. The van der Waals surface area contributed by atoms with Crippen LogP contribution >= 0.6 is 0 Å². The van der Waals surface area contributed by atoms with Crippen molar-refractivity contribution < 1.29 is 9.90 Å². The standard InChI is InChI=1S/C20H23N3O2/c1-14(2)22(12-15(3)24)20(25)16-8-10-17(11-9-16)23-13-21-18-6-4-5-7-19(18)23/h4-11,13-15,24H,12H2,1-3H3. The molecular formula is C20H23N3O2. The molecule has 3 rings (SSSR count). The lowest BCUT2D eigenvalue weighted by atomic mass is 10.1. The smallest absolute Gasteiger partial charge is 0.254 e. The van der Waals surface area contributed by atoms with Crippen molar-refractivity contribution in [3.05, 3.63) is 60.4 Å². The summed E-state index contributed by atoms with van der Waals surface area (Å²) in [6.45, 7) is 5.92. The molecule has 5 nitrogen and oxygen atoms in total. The zero-order valence-corrected chi connectivity index (χ0v) is 14.8. The van der Waals surface area contributed by atoms with E-state index in [1.54, 1.807) is 18.2 Å². The summed E-state index contributed by atoms with van der Waals surface area (Å²) >= 11 is 0. The van der Waals surface area contributed by atoms with Gasteiger partial charge in [-0.1, -0.05) is 12.1 Å². The summed E-state index contributed by atoms with van der Waals surface area (Å²) in [6.07, 6.45) is 1.23. The topological polar surface area (TPSA) is 58.4 Å². The Labute approximate surface area is 147 Å². The molecule has 0 aliphatic heterocycles. The van der Waals surface area contributed by atoms with E-state index in [9.17, 15) is 9.90 Å². The minimum Gasteiger partial charge on any atom is -0.392 e. The van der Waals surface area contributed by atoms with Crippen molar-refractivity contribution in [2.45, 2.75) is 32.9 Å². The molecule has 1 N–H and O–H groups in total. The summed E-state index contributed by atoms with van der Waals surface area (Å²) < 4.78 is 2.00. The second-order valence-corrected chi connectivity index (χ2v) is 6.55. The van der Waals surface area contributed by atoms with Crippen molar-refractivity contribution in [2.24, 2.45) is 0 Å². The Kier molecular flexibility index (Phi) is 4.86. The second-order valence-electron chi connectivity index (χ2n) is 6.55. The molecule has 1 amide bonds. The summed E-state index contributed by atoms with van der Waals surface area (Å²) in [5, 5.41) is 9.63. The molecule has 0 aliphatic rings. The van der Waals surface area contributed by atoms with E-state index in [-0.39, 0.29) is 11.9 Å². The largest absolute Gasteiger partial charge is 0.392 e. The fraction of sp³-hybridized carbons (Fsp3) is 0.300. The molecule has 0 radical (unpaired) electrons. The van der Waals surface area contributed by atoms with Crippen molar-refractivity contribution in [3.63, 3.8) is 0 Å². The van der Waals surface area contributed by atoms with E-state index in [0.29, 0.717) is 12.1 Å². The fourth-order valence-corrected chi connectivity index (χ4v) is 2.91. The Morgan fingerprint density at radius 2 is 1.80 bits per heavy atom. The molecule has 1 aromatic heterocycles. The first-order valence-corrected chi connectivity index (χ1v) is 8.49. The number of carbonyl (C=O) groups excluding carboxylic acids is 1. The fourth-order valence-electron chi connectivity index (χ4n) is 2.91. The highest BCUT2D eigenvalue weighted by atomic mass is 16.3. The maximum absolute atomic E-state index is 12.7. The zero-order chi connectivity index (χ0) is 18.0. The molecule has 1 atom stereocenters. The Morgan fingerprint density at radius 1 is 1.12 bits per heavy atom. The van der Waals surface area contributed by atoms with Crippen LogP contribution in [0, 0.1) is 0 Å². The number of aliphatic hydroxyl groups excluding tert-OH is 1. The van der Waals surface area contributed by atoms with Crippen LogP contribution in [0.5, 0.6) is 0 Å². The first-order chi connectivity index (χ1) is 12.0. The molecule has 1 heterocycles. The summed E-state index contributed by atoms with van der Waals surface area (Å²) in [5.41, 5.74) is 3.53. The van der Waals surface area contributed by atoms with Crippen LogP contribution in [0.2, 0.25) is 0 Å². The number of aromatic nitrogens is 2. The van der Waals surface area contributed by atoms with Crippen molar-refractivity contribution in [3.8, 4) is 5.69 Å². The number of hydrogen-bond acceptors (Lipinski definition) is 3. The molecular weight excluding hydrogens is 314 g/mol. The van der Waals surface area contributed by atoms with E-state index in [0.717, 1.165) is 16.7 Å². The quantitative estimate of drug-likeness (QED) is 0.777. The molecule has 0 aliphatic carbocycles. The van der Waals surface area contributed by atoms with Gasteiger partial charge in [0.1, 0.15) is 6.33 Å². The van der Waals surface area contributed by atoms with Gasteiger partial charge in [0.05, 0.1) is 17.1 Å². The van der Waals surface area contributed by atoms with Gasteiger partial charge in [0, 0.05) is 23.8 Å². The predicted octanol–water partition coefficient (Wildman–Crippen LogP) is 3.26. The number of rotatable bonds is 5. The number of hydrogen-bond donors (Lipinski definition) is 1. The number of para-hydroxylation sites is 2. The predicted molar refractivity (Wildman–Crippen MR) is 98.9 cm³/mol. The van der Waals surface area contributed by atoms with Crippen LogP contribution in [0.15, 0.2) is 54.9 Å². The van der Waals surface area contributed by atoms with Crippen molar-refractivity contribution in [2.75, 3.05) is 6.54 Å². The van der Waals surface area contributed by atoms with E-state index in [1.165, 1.54) is 0 Å². The normalized spacial score (nSPS) is 12.5. The van der Waals surface area contributed by atoms with E-state index in [1.807, 2.05) is 66.9 Å². The molecule has 0 fully saturated rings. The van der Waals surface area contributed by atoms with Gasteiger partial charge in [0.25, 0.3) is 5.91 Å². The zero-order valence-electron chi connectivity index (χ0n) is 14.8. The maximum atomic E-state index is 12.7. The highest BCUT2D eigenvalue weighted by Crippen LogP contribution is 2.19. The van der Waals surface area contributed by atoms with Gasteiger partial charge in [0.2, 0.25) is 0 Å². The Hall–Kier alpha value is -2.66. The van der Waals surface area contributed by atoms with E-state index in [4.69, 9.17) is 0 Å². The van der Waals surface area contributed by atoms with E-state index >= 15 is 0 Å². The minimum absolute atomic E-state index is 0.0272. The molecule has 0 spiro atoms. The minimum atomic E-state index is -0.553. The third-order valence-electron chi connectivity index (χ3n) is 4.19. The van der Waals surface area contributed by atoms with Gasteiger partial charge >= 0.3 is 0 Å². The highest BCUT2D eigenvalue weighted by molar-refractivity contribution is 5.94. The monoisotopic (exact) mass is 337 g/mol. The number of aliphatic hydroxyl groups is 1. The van der Waals surface area contributed by atoms with Crippen molar-refractivity contribution in [1.82, 2.24) is 14.5 Å². The second kappa shape index (κ2) is 7.07.